The zero-order chi connectivity index (χ0) is 15.4. The molecule has 2 nitrogen and oxygen atoms in total. The van der Waals surface area contributed by atoms with Crippen LogP contribution in [0, 0.1) is 5.82 Å². The van der Waals surface area contributed by atoms with Gasteiger partial charge in [0, 0.05) is 28.4 Å². The Hall–Kier alpha value is -1.39. The van der Waals surface area contributed by atoms with E-state index in [9.17, 15) is 4.39 Å². The second kappa shape index (κ2) is 7.05. The summed E-state index contributed by atoms with van der Waals surface area (Å²) in [6, 6.07) is 12.9. The molecule has 2 rings (SSSR count). The number of hydrogen-bond acceptors (Lipinski definition) is 2. The highest BCUT2D eigenvalue weighted by Gasteiger charge is 2.14. The third-order valence-corrected chi connectivity index (χ3v) is 3.81. The SMILES string of the molecule is CCN(c1cccc(F)c1)c1cc(Br)ccc1CC(C)N. The molecule has 0 fully saturated rings. The number of nitrogens with zero attached hydrogens (tertiary/aromatic N) is 1. The van der Waals surface area contributed by atoms with Crippen LogP contribution in [0.2, 0.25) is 0 Å². The Labute approximate surface area is 133 Å². The molecule has 0 aliphatic rings. The molecule has 0 amide bonds. The van der Waals surface area contributed by atoms with Crippen LogP contribution in [-0.4, -0.2) is 12.6 Å². The molecule has 1 unspecified atom stereocenters. The highest BCUT2D eigenvalue weighted by Crippen LogP contribution is 2.32. The van der Waals surface area contributed by atoms with Gasteiger partial charge in [-0.05, 0) is 56.2 Å². The second-order valence-corrected chi connectivity index (χ2v) is 6.09. The predicted molar refractivity (Wildman–Crippen MR) is 90.6 cm³/mol. The number of halogens is 2. The number of nitrogens with two attached hydrogens (primary N) is 1. The zero-order valence-corrected chi connectivity index (χ0v) is 13.9. The van der Waals surface area contributed by atoms with E-state index in [1.165, 1.54) is 11.6 Å². The van der Waals surface area contributed by atoms with Crippen LogP contribution in [0.5, 0.6) is 0 Å². The standard InChI is InChI=1S/C17H20BrFN2/c1-3-21(16-6-4-5-15(19)11-16)17-10-14(18)8-7-13(17)9-12(2)20/h4-8,10-12H,3,9,20H2,1-2H3. The van der Waals surface area contributed by atoms with E-state index in [0.29, 0.717) is 0 Å². The maximum absolute atomic E-state index is 13.5. The van der Waals surface area contributed by atoms with Crippen LogP contribution in [0.3, 0.4) is 0 Å². The Morgan fingerprint density at radius 1 is 1.24 bits per heavy atom. The summed E-state index contributed by atoms with van der Waals surface area (Å²) < 4.78 is 14.5. The van der Waals surface area contributed by atoms with E-state index in [1.807, 2.05) is 19.1 Å². The molecule has 0 aliphatic heterocycles. The quantitative estimate of drug-likeness (QED) is 0.851. The van der Waals surface area contributed by atoms with Crippen LogP contribution in [0.1, 0.15) is 19.4 Å². The van der Waals surface area contributed by atoms with Crippen LogP contribution >= 0.6 is 15.9 Å². The molecule has 0 saturated carbocycles. The molecule has 112 valence electrons. The fourth-order valence-corrected chi connectivity index (χ4v) is 2.79. The molecule has 0 heterocycles. The van der Waals surface area contributed by atoms with Crippen molar-refractivity contribution in [2.45, 2.75) is 26.3 Å². The fraction of sp³-hybridized carbons (Fsp3) is 0.294. The monoisotopic (exact) mass is 350 g/mol. The number of benzene rings is 2. The lowest BCUT2D eigenvalue weighted by Gasteiger charge is -2.27. The summed E-state index contributed by atoms with van der Waals surface area (Å²) in [5, 5.41) is 0. The topological polar surface area (TPSA) is 29.3 Å². The molecule has 0 saturated heterocycles. The Morgan fingerprint density at radius 3 is 2.62 bits per heavy atom. The van der Waals surface area contributed by atoms with Crippen molar-refractivity contribution in [2.24, 2.45) is 5.73 Å². The minimum atomic E-state index is -0.227. The van der Waals surface area contributed by atoms with E-state index >= 15 is 0 Å². The van der Waals surface area contributed by atoms with Crippen molar-refractivity contribution in [3.8, 4) is 0 Å². The zero-order valence-electron chi connectivity index (χ0n) is 12.3. The van der Waals surface area contributed by atoms with E-state index in [2.05, 4.69) is 39.9 Å². The molecule has 0 aromatic heterocycles. The second-order valence-electron chi connectivity index (χ2n) is 5.18. The summed E-state index contributed by atoms with van der Waals surface area (Å²) in [7, 11) is 0. The van der Waals surface area contributed by atoms with Crippen molar-refractivity contribution in [3.05, 3.63) is 58.3 Å². The van der Waals surface area contributed by atoms with Gasteiger partial charge in [-0.1, -0.05) is 28.1 Å². The van der Waals surface area contributed by atoms with Crippen LogP contribution in [-0.2, 0) is 6.42 Å². The lowest BCUT2D eigenvalue weighted by Crippen LogP contribution is -2.22. The Bertz CT molecular complexity index is 613. The van der Waals surface area contributed by atoms with Gasteiger partial charge in [-0.15, -0.1) is 0 Å². The fourth-order valence-electron chi connectivity index (χ4n) is 2.44. The van der Waals surface area contributed by atoms with Gasteiger partial charge in [-0.2, -0.15) is 0 Å². The van der Waals surface area contributed by atoms with Crippen LogP contribution in [0.25, 0.3) is 0 Å². The van der Waals surface area contributed by atoms with Gasteiger partial charge in [0.15, 0.2) is 0 Å². The van der Waals surface area contributed by atoms with Gasteiger partial charge in [0.25, 0.3) is 0 Å². The third kappa shape index (κ3) is 4.05. The summed E-state index contributed by atoms with van der Waals surface area (Å²) in [6.07, 6.45) is 0.786. The molecular weight excluding hydrogens is 331 g/mol. The van der Waals surface area contributed by atoms with Crippen LogP contribution in [0.15, 0.2) is 46.9 Å². The Balaban J connectivity index is 2.48. The van der Waals surface area contributed by atoms with Gasteiger partial charge >= 0.3 is 0 Å². The van der Waals surface area contributed by atoms with E-state index in [0.717, 1.165) is 28.8 Å². The molecule has 21 heavy (non-hydrogen) atoms. The first-order valence-corrected chi connectivity index (χ1v) is 7.87. The lowest BCUT2D eigenvalue weighted by molar-refractivity contribution is 0.627. The molecule has 0 spiro atoms. The van der Waals surface area contributed by atoms with Gasteiger partial charge in [-0.3, -0.25) is 0 Å². The molecule has 0 radical (unpaired) electrons. The third-order valence-electron chi connectivity index (χ3n) is 3.32. The van der Waals surface area contributed by atoms with E-state index in [-0.39, 0.29) is 11.9 Å². The summed E-state index contributed by atoms with van der Waals surface area (Å²) in [5.74, 6) is -0.227. The van der Waals surface area contributed by atoms with Crippen molar-refractivity contribution < 1.29 is 4.39 Å². The normalized spacial score (nSPS) is 12.2. The summed E-state index contributed by atoms with van der Waals surface area (Å²) in [6.45, 7) is 4.80. The molecule has 2 aromatic carbocycles. The first-order valence-electron chi connectivity index (χ1n) is 7.08. The van der Waals surface area contributed by atoms with Gasteiger partial charge in [-0.25, -0.2) is 4.39 Å². The van der Waals surface area contributed by atoms with Crippen molar-refractivity contribution in [3.63, 3.8) is 0 Å². The molecule has 2 aromatic rings. The van der Waals surface area contributed by atoms with Gasteiger partial charge in [0.05, 0.1) is 0 Å². The van der Waals surface area contributed by atoms with Crippen LogP contribution in [0.4, 0.5) is 15.8 Å². The molecular formula is C17H20BrFN2. The summed E-state index contributed by atoms with van der Waals surface area (Å²) >= 11 is 3.52. The molecule has 0 aliphatic carbocycles. The average Bonchev–Trinajstić information content (AvgIpc) is 2.42. The predicted octanol–water partition coefficient (Wildman–Crippen LogP) is 4.64. The van der Waals surface area contributed by atoms with Gasteiger partial charge in [0.2, 0.25) is 0 Å². The first kappa shape index (κ1) is 16.0. The minimum absolute atomic E-state index is 0.0798. The maximum Gasteiger partial charge on any atom is 0.125 e. The number of hydrogen-bond donors (Lipinski definition) is 1. The number of anilines is 2. The van der Waals surface area contributed by atoms with Crippen molar-refractivity contribution in [1.29, 1.82) is 0 Å². The maximum atomic E-state index is 13.5. The number of rotatable bonds is 5. The molecule has 0 bridgehead atoms. The first-order chi connectivity index (χ1) is 10.0. The van der Waals surface area contributed by atoms with Gasteiger partial charge < -0.3 is 10.6 Å². The van der Waals surface area contributed by atoms with Crippen LogP contribution < -0.4 is 10.6 Å². The highest BCUT2D eigenvalue weighted by atomic mass is 79.9. The largest absolute Gasteiger partial charge is 0.341 e. The van der Waals surface area contributed by atoms with Gasteiger partial charge in [0.1, 0.15) is 5.82 Å². The Morgan fingerprint density at radius 2 is 2.00 bits per heavy atom. The van der Waals surface area contributed by atoms with Crippen molar-refractivity contribution in [2.75, 3.05) is 11.4 Å². The van der Waals surface area contributed by atoms with E-state index in [1.54, 1.807) is 12.1 Å². The van der Waals surface area contributed by atoms with Crippen molar-refractivity contribution >= 4 is 27.3 Å². The highest BCUT2D eigenvalue weighted by molar-refractivity contribution is 9.10. The average molecular weight is 351 g/mol. The van der Waals surface area contributed by atoms with E-state index < -0.39 is 0 Å². The molecule has 4 heteroatoms. The molecule has 1 atom stereocenters. The Kier molecular flexibility index (Phi) is 5.37. The minimum Gasteiger partial charge on any atom is -0.341 e. The molecule has 2 N–H and O–H groups in total. The summed E-state index contributed by atoms with van der Waals surface area (Å²) in [4.78, 5) is 2.10. The van der Waals surface area contributed by atoms with Crippen molar-refractivity contribution in [1.82, 2.24) is 0 Å². The van der Waals surface area contributed by atoms with E-state index in [4.69, 9.17) is 5.73 Å². The smallest absolute Gasteiger partial charge is 0.125 e. The summed E-state index contributed by atoms with van der Waals surface area (Å²) in [5.41, 5.74) is 9.02. The lowest BCUT2D eigenvalue weighted by atomic mass is 10.0.